The highest BCUT2D eigenvalue weighted by Crippen LogP contribution is 2.46. The summed E-state index contributed by atoms with van der Waals surface area (Å²) >= 11 is 0. The zero-order valence-corrected chi connectivity index (χ0v) is 24.8. The minimum atomic E-state index is 0.856. The molecule has 0 saturated carbocycles. The van der Waals surface area contributed by atoms with Gasteiger partial charge in [-0.2, -0.15) is 0 Å². The molecule has 2 heterocycles. The quantitative estimate of drug-likeness (QED) is 0.193. The van der Waals surface area contributed by atoms with E-state index in [1.54, 1.807) is 0 Å². The van der Waals surface area contributed by atoms with Crippen molar-refractivity contribution in [3.8, 4) is 33.6 Å². The van der Waals surface area contributed by atoms with E-state index in [0.29, 0.717) is 0 Å². The van der Waals surface area contributed by atoms with Crippen LogP contribution >= 0.6 is 0 Å². The van der Waals surface area contributed by atoms with Crippen molar-refractivity contribution >= 4 is 65.2 Å². The fourth-order valence-corrected chi connectivity index (χ4v) is 7.38. The Balaban J connectivity index is 1.25. The van der Waals surface area contributed by atoms with Crippen LogP contribution in [0.3, 0.4) is 0 Å². The molecule has 214 valence electrons. The fraction of sp³-hybridized carbons (Fsp3) is 0. The first kappa shape index (κ1) is 25.2. The maximum Gasteiger partial charge on any atom is 0.136 e. The summed E-state index contributed by atoms with van der Waals surface area (Å²) in [6.45, 7) is 0. The van der Waals surface area contributed by atoms with Crippen LogP contribution in [0.2, 0.25) is 0 Å². The molecule has 2 heteroatoms. The first-order valence-electron chi connectivity index (χ1n) is 15.7. The van der Waals surface area contributed by atoms with Crippen molar-refractivity contribution in [3.63, 3.8) is 0 Å². The summed E-state index contributed by atoms with van der Waals surface area (Å²) < 4.78 is 12.8. The molecule has 0 bridgehead atoms. The SMILES string of the molecule is c1ccc(-c2cc3c(ccc4oc5ccc(-c6c7ccccc7c(-c7ccc8ccccc8c7)c7ccccc67)cc5c43)o2)cc1. The monoisotopic (exact) mass is 586 g/mol. The van der Waals surface area contributed by atoms with E-state index in [1.165, 1.54) is 49.0 Å². The van der Waals surface area contributed by atoms with Crippen molar-refractivity contribution in [1.29, 1.82) is 0 Å². The molecule has 10 aromatic rings. The molecule has 0 aliphatic rings. The summed E-state index contributed by atoms with van der Waals surface area (Å²) in [5, 5.41) is 10.7. The van der Waals surface area contributed by atoms with Gasteiger partial charge in [-0.1, -0.05) is 121 Å². The van der Waals surface area contributed by atoms with Gasteiger partial charge in [0, 0.05) is 21.7 Å². The second-order valence-electron chi connectivity index (χ2n) is 12.0. The van der Waals surface area contributed by atoms with Crippen LogP contribution in [-0.4, -0.2) is 0 Å². The lowest BCUT2D eigenvalue weighted by Gasteiger charge is -2.18. The molecule has 0 aliphatic carbocycles. The molecule has 2 aromatic heterocycles. The highest BCUT2D eigenvalue weighted by atomic mass is 16.3. The van der Waals surface area contributed by atoms with E-state index in [9.17, 15) is 0 Å². The van der Waals surface area contributed by atoms with Crippen molar-refractivity contribution in [2.24, 2.45) is 0 Å². The Labute approximate surface area is 264 Å². The zero-order chi connectivity index (χ0) is 30.2. The Bertz CT molecular complexity index is 2740. The van der Waals surface area contributed by atoms with Gasteiger partial charge in [-0.05, 0) is 91.0 Å². The van der Waals surface area contributed by atoms with E-state index in [2.05, 4.69) is 127 Å². The molecule has 0 unspecified atom stereocenters. The number of benzene rings is 8. The van der Waals surface area contributed by atoms with E-state index in [1.807, 2.05) is 30.3 Å². The van der Waals surface area contributed by atoms with Gasteiger partial charge in [0.25, 0.3) is 0 Å². The lowest BCUT2D eigenvalue weighted by atomic mass is 9.85. The molecule has 0 atom stereocenters. The second kappa shape index (κ2) is 9.69. The van der Waals surface area contributed by atoms with Gasteiger partial charge < -0.3 is 8.83 Å². The zero-order valence-electron chi connectivity index (χ0n) is 24.8. The number of rotatable bonds is 3. The Kier molecular flexibility index (Phi) is 5.31. The average molecular weight is 587 g/mol. The summed E-state index contributed by atoms with van der Waals surface area (Å²) in [5.74, 6) is 0.856. The van der Waals surface area contributed by atoms with Crippen molar-refractivity contribution in [3.05, 3.63) is 158 Å². The first-order valence-corrected chi connectivity index (χ1v) is 15.7. The fourth-order valence-electron chi connectivity index (χ4n) is 7.38. The Hall–Kier alpha value is -6.12. The molecule has 0 N–H and O–H groups in total. The number of fused-ring (bicyclic) bond motifs is 8. The minimum Gasteiger partial charge on any atom is -0.456 e. The van der Waals surface area contributed by atoms with E-state index < -0.39 is 0 Å². The van der Waals surface area contributed by atoms with Crippen LogP contribution in [0.15, 0.2) is 167 Å². The molecule has 10 rings (SSSR count). The van der Waals surface area contributed by atoms with Crippen LogP contribution < -0.4 is 0 Å². The molecule has 0 radical (unpaired) electrons. The van der Waals surface area contributed by atoms with Crippen molar-refractivity contribution in [2.45, 2.75) is 0 Å². The standard InChI is InChI=1S/C44H26O2/c1-2-11-28(12-3-1)41-26-37-39(46-41)22-23-40-44(37)36-25-31(20-21-38(36)45-40)43-34-16-8-6-14-32(34)42(33-15-7-9-17-35(33)43)30-19-18-27-10-4-5-13-29(27)24-30/h1-26H. The van der Waals surface area contributed by atoms with Crippen LogP contribution in [-0.2, 0) is 0 Å². The maximum absolute atomic E-state index is 6.41. The second-order valence-corrected chi connectivity index (χ2v) is 12.0. The van der Waals surface area contributed by atoms with Gasteiger partial charge in [-0.25, -0.2) is 0 Å². The van der Waals surface area contributed by atoms with E-state index in [4.69, 9.17) is 8.83 Å². The summed E-state index contributed by atoms with van der Waals surface area (Å²) in [5.41, 5.74) is 8.54. The smallest absolute Gasteiger partial charge is 0.136 e. The Morgan fingerprint density at radius 3 is 1.54 bits per heavy atom. The largest absolute Gasteiger partial charge is 0.456 e. The maximum atomic E-state index is 6.41. The third-order valence-electron chi connectivity index (χ3n) is 9.45. The third-order valence-corrected chi connectivity index (χ3v) is 9.45. The van der Waals surface area contributed by atoms with Gasteiger partial charge in [0.05, 0.1) is 0 Å². The highest BCUT2D eigenvalue weighted by molar-refractivity contribution is 6.24. The summed E-state index contributed by atoms with van der Waals surface area (Å²) in [6.07, 6.45) is 0. The molecule has 0 spiro atoms. The number of furan rings is 2. The molecule has 0 amide bonds. The molecule has 0 aliphatic heterocycles. The molecule has 0 fully saturated rings. The summed E-state index contributed by atoms with van der Waals surface area (Å²) in [6, 6.07) is 56.2. The average Bonchev–Trinajstić information content (AvgIpc) is 3.72. The molecular formula is C44H26O2. The van der Waals surface area contributed by atoms with E-state index in [0.717, 1.165) is 49.8 Å². The number of hydrogen-bond acceptors (Lipinski definition) is 2. The van der Waals surface area contributed by atoms with Crippen LogP contribution in [0.1, 0.15) is 0 Å². The van der Waals surface area contributed by atoms with Crippen molar-refractivity contribution in [1.82, 2.24) is 0 Å². The number of hydrogen-bond donors (Lipinski definition) is 0. The highest BCUT2D eigenvalue weighted by Gasteiger charge is 2.19. The van der Waals surface area contributed by atoms with Crippen LogP contribution in [0.5, 0.6) is 0 Å². The molecule has 46 heavy (non-hydrogen) atoms. The van der Waals surface area contributed by atoms with Crippen molar-refractivity contribution < 1.29 is 8.83 Å². The van der Waals surface area contributed by atoms with Crippen LogP contribution in [0.25, 0.3) is 98.8 Å². The normalized spacial score (nSPS) is 11.9. The van der Waals surface area contributed by atoms with Gasteiger partial charge in [0.1, 0.15) is 22.5 Å². The minimum absolute atomic E-state index is 0.856. The Morgan fingerprint density at radius 2 is 0.826 bits per heavy atom. The summed E-state index contributed by atoms with van der Waals surface area (Å²) in [7, 11) is 0. The predicted octanol–water partition coefficient (Wildman–Crippen LogP) is 12.8. The topological polar surface area (TPSA) is 26.3 Å². The van der Waals surface area contributed by atoms with Gasteiger partial charge in [-0.15, -0.1) is 0 Å². The van der Waals surface area contributed by atoms with Crippen LogP contribution in [0.4, 0.5) is 0 Å². The summed E-state index contributed by atoms with van der Waals surface area (Å²) in [4.78, 5) is 0. The van der Waals surface area contributed by atoms with E-state index >= 15 is 0 Å². The third kappa shape index (κ3) is 3.71. The molecule has 0 saturated heterocycles. The predicted molar refractivity (Wildman–Crippen MR) is 192 cm³/mol. The Morgan fingerprint density at radius 1 is 0.304 bits per heavy atom. The van der Waals surface area contributed by atoms with Gasteiger partial charge in [0.15, 0.2) is 0 Å². The van der Waals surface area contributed by atoms with Crippen molar-refractivity contribution in [2.75, 3.05) is 0 Å². The molecule has 2 nitrogen and oxygen atoms in total. The van der Waals surface area contributed by atoms with Crippen LogP contribution in [0, 0.1) is 0 Å². The molecular weight excluding hydrogens is 560 g/mol. The first-order chi connectivity index (χ1) is 22.8. The van der Waals surface area contributed by atoms with Gasteiger partial charge >= 0.3 is 0 Å². The van der Waals surface area contributed by atoms with Gasteiger partial charge in [-0.3, -0.25) is 0 Å². The van der Waals surface area contributed by atoms with E-state index in [-0.39, 0.29) is 0 Å². The lowest BCUT2D eigenvalue weighted by molar-refractivity contribution is 0.631. The van der Waals surface area contributed by atoms with Gasteiger partial charge in [0.2, 0.25) is 0 Å². The lowest BCUT2D eigenvalue weighted by Crippen LogP contribution is -1.91. The molecule has 8 aromatic carbocycles.